The van der Waals surface area contributed by atoms with Crippen LogP contribution in [0.2, 0.25) is 0 Å². The number of esters is 2. The molecule has 154 valence electrons. The van der Waals surface area contributed by atoms with Gasteiger partial charge in [-0.1, -0.05) is 25.7 Å². The van der Waals surface area contributed by atoms with E-state index >= 15 is 0 Å². The predicted molar refractivity (Wildman–Crippen MR) is 94.8 cm³/mol. The van der Waals surface area contributed by atoms with Gasteiger partial charge in [-0.3, -0.25) is 19.2 Å². The van der Waals surface area contributed by atoms with Crippen molar-refractivity contribution in [2.75, 3.05) is 13.7 Å². The lowest BCUT2D eigenvalue weighted by molar-refractivity contribution is -0.159. The zero-order valence-corrected chi connectivity index (χ0v) is 16.0. The number of methoxy groups -OCH3 is 1. The van der Waals surface area contributed by atoms with Crippen molar-refractivity contribution in [3.63, 3.8) is 0 Å². The van der Waals surface area contributed by atoms with Crippen LogP contribution in [0.25, 0.3) is 0 Å². The van der Waals surface area contributed by atoms with Crippen molar-refractivity contribution in [3.8, 4) is 0 Å². The monoisotopic (exact) mass is 386 g/mol. The first kappa shape index (κ1) is 22.9. The number of carbonyl (C=O) groups is 4. The molecular formula is C19H30O8. The maximum absolute atomic E-state index is 11.4. The van der Waals surface area contributed by atoms with Crippen LogP contribution in [0.5, 0.6) is 0 Å². The number of carbonyl (C=O) groups excluding carboxylic acids is 2. The molecule has 0 aliphatic heterocycles. The number of hydrogen-bond acceptors (Lipinski definition) is 6. The van der Waals surface area contributed by atoms with Crippen molar-refractivity contribution in [1.29, 1.82) is 0 Å². The lowest BCUT2D eigenvalue weighted by Gasteiger charge is -2.26. The molecule has 0 heterocycles. The summed E-state index contributed by atoms with van der Waals surface area (Å²) in [6, 6.07) is 0. The molecular weight excluding hydrogens is 356 g/mol. The Balaban J connectivity index is 0.000000271. The van der Waals surface area contributed by atoms with Crippen LogP contribution in [0.15, 0.2) is 0 Å². The summed E-state index contributed by atoms with van der Waals surface area (Å²) in [5.41, 5.74) is 0. The van der Waals surface area contributed by atoms with Gasteiger partial charge >= 0.3 is 23.9 Å². The summed E-state index contributed by atoms with van der Waals surface area (Å²) >= 11 is 0. The Hall–Kier alpha value is -2.12. The molecule has 0 amide bonds. The first-order valence-corrected chi connectivity index (χ1v) is 9.53. The van der Waals surface area contributed by atoms with Gasteiger partial charge in [-0.2, -0.15) is 0 Å². The Labute approximate surface area is 159 Å². The second kappa shape index (κ2) is 11.6. The van der Waals surface area contributed by atoms with E-state index in [9.17, 15) is 19.2 Å². The molecule has 0 spiro atoms. The fourth-order valence-electron chi connectivity index (χ4n) is 3.82. The van der Waals surface area contributed by atoms with Gasteiger partial charge in [0.25, 0.3) is 0 Å². The molecule has 27 heavy (non-hydrogen) atoms. The first-order valence-electron chi connectivity index (χ1n) is 9.53. The predicted octanol–water partition coefficient (Wildman–Crippen LogP) is 2.49. The molecule has 2 aliphatic rings. The fraction of sp³-hybridized carbons (Fsp3) is 0.789. The molecule has 2 aliphatic carbocycles. The van der Waals surface area contributed by atoms with Gasteiger partial charge in [-0.05, 0) is 32.6 Å². The van der Waals surface area contributed by atoms with E-state index in [1.807, 2.05) is 0 Å². The maximum Gasteiger partial charge on any atom is 0.309 e. The van der Waals surface area contributed by atoms with E-state index < -0.39 is 35.6 Å². The average molecular weight is 386 g/mol. The molecule has 0 aromatic rings. The van der Waals surface area contributed by atoms with Gasteiger partial charge in [0.2, 0.25) is 0 Å². The van der Waals surface area contributed by atoms with Crippen LogP contribution in [-0.2, 0) is 28.7 Å². The number of rotatable bonds is 5. The Kier molecular flexibility index (Phi) is 9.82. The van der Waals surface area contributed by atoms with E-state index in [1.165, 1.54) is 7.11 Å². The van der Waals surface area contributed by atoms with E-state index in [-0.39, 0.29) is 11.9 Å². The minimum Gasteiger partial charge on any atom is -0.481 e. The minimum absolute atomic E-state index is 0.321. The molecule has 2 fully saturated rings. The van der Waals surface area contributed by atoms with Crippen molar-refractivity contribution < 1.29 is 38.9 Å². The first-order chi connectivity index (χ1) is 12.8. The van der Waals surface area contributed by atoms with Crippen LogP contribution in [0.4, 0.5) is 0 Å². The van der Waals surface area contributed by atoms with E-state index in [0.717, 1.165) is 25.7 Å². The third-order valence-corrected chi connectivity index (χ3v) is 5.26. The van der Waals surface area contributed by atoms with Gasteiger partial charge < -0.3 is 19.7 Å². The van der Waals surface area contributed by atoms with Crippen molar-refractivity contribution in [2.24, 2.45) is 23.7 Å². The lowest BCUT2D eigenvalue weighted by Crippen LogP contribution is -2.33. The quantitative estimate of drug-likeness (QED) is 0.690. The second-order valence-corrected chi connectivity index (χ2v) is 6.95. The third kappa shape index (κ3) is 6.84. The van der Waals surface area contributed by atoms with Crippen LogP contribution in [0.1, 0.15) is 58.3 Å². The largest absolute Gasteiger partial charge is 0.481 e. The van der Waals surface area contributed by atoms with Crippen molar-refractivity contribution >= 4 is 23.9 Å². The molecule has 8 heteroatoms. The molecule has 0 aromatic carbocycles. The van der Waals surface area contributed by atoms with Crippen molar-refractivity contribution in [1.82, 2.24) is 0 Å². The third-order valence-electron chi connectivity index (χ3n) is 5.26. The van der Waals surface area contributed by atoms with Crippen molar-refractivity contribution in [3.05, 3.63) is 0 Å². The van der Waals surface area contributed by atoms with E-state index in [0.29, 0.717) is 32.3 Å². The van der Waals surface area contributed by atoms with Crippen LogP contribution in [0, 0.1) is 23.7 Å². The average Bonchev–Trinajstić information content (AvgIpc) is 2.68. The highest BCUT2D eigenvalue weighted by molar-refractivity contribution is 5.81. The lowest BCUT2D eigenvalue weighted by atomic mass is 9.79. The van der Waals surface area contributed by atoms with Gasteiger partial charge in [0.15, 0.2) is 0 Å². The fourth-order valence-corrected chi connectivity index (χ4v) is 3.82. The highest BCUT2D eigenvalue weighted by atomic mass is 16.5. The molecule has 2 N–H and O–H groups in total. The molecule has 0 unspecified atom stereocenters. The van der Waals surface area contributed by atoms with Gasteiger partial charge in [-0.15, -0.1) is 0 Å². The zero-order valence-electron chi connectivity index (χ0n) is 16.0. The molecule has 0 bridgehead atoms. The highest BCUT2D eigenvalue weighted by Crippen LogP contribution is 2.31. The van der Waals surface area contributed by atoms with Gasteiger partial charge in [0.05, 0.1) is 37.4 Å². The summed E-state index contributed by atoms with van der Waals surface area (Å²) in [6.07, 6.45) is 6.11. The van der Waals surface area contributed by atoms with E-state index in [4.69, 9.17) is 14.9 Å². The number of ether oxygens (including phenoxy) is 2. The Morgan fingerprint density at radius 1 is 0.741 bits per heavy atom. The molecule has 0 aromatic heterocycles. The van der Waals surface area contributed by atoms with Crippen molar-refractivity contribution in [2.45, 2.75) is 58.3 Å². The summed E-state index contributed by atoms with van der Waals surface area (Å²) in [4.78, 5) is 44.3. The zero-order chi connectivity index (χ0) is 20.4. The van der Waals surface area contributed by atoms with Gasteiger partial charge in [-0.25, -0.2) is 0 Å². The molecule has 0 saturated heterocycles. The van der Waals surface area contributed by atoms with Gasteiger partial charge in [0.1, 0.15) is 0 Å². The number of carboxylic acids is 2. The molecule has 2 saturated carbocycles. The molecule has 4 atom stereocenters. The van der Waals surface area contributed by atoms with Crippen LogP contribution >= 0.6 is 0 Å². The summed E-state index contributed by atoms with van der Waals surface area (Å²) in [6.45, 7) is 2.05. The Morgan fingerprint density at radius 3 is 1.44 bits per heavy atom. The molecule has 0 radical (unpaired) electrons. The summed E-state index contributed by atoms with van der Waals surface area (Å²) in [7, 11) is 1.30. The number of carboxylic acid groups (broad SMARTS) is 2. The molecule has 2 rings (SSSR count). The smallest absolute Gasteiger partial charge is 0.309 e. The second-order valence-electron chi connectivity index (χ2n) is 6.95. The van der Waals surface area contributed by atoms with E-state index in [1.54, 1.807) is 6.92 Å². The SMILES string of the molecule is CCOC(=O)[C@@H]1CCCC[C@@H]1C(=O)O.COC(=O)[C@H]1CCCC[C@H]1C(=O)O. The Morgan fingerprint density at radius 2 is 1.11 bits per heavy atom. The maximum atomic E-state index is 11.4. The highest BCUT2D eigenvalue weighted by Gasteiger charge is 2.37. The molecule has 8 nitrogen and oxygen atoms in total. The number of hydrogen-bond donors (Lipinski definition) is 2. The summed E-state index contributed by atoms with van der Waals surface area (Å²) in [5.74, 6) is -4.42. The van der Waals surface area contributed by atoms with E-state index in [2.05, 4.69) is 4.74 Å². The van der Waals surface area contributed by atoms with Crippen LogP contribution in [-0.4, -0.2) is 47.8 Å². The van der Waals surface area contributed by atoms with Gasteiger partial charge in [0, 0.05) is 0 Å². The normalized spacial score (nSPS) is 27.5. The standard InChI is InChI=1S/C10H16O4.C9H14O4/c1-2-14-10(13)8-6-4-3-5-7(8)9(11)12;1-13-9(12)7-5-3-2-4-6(7)8(10)11/h7-8H,2-6H2,1H3,(H,11,12);6-7H,2-5H2,1H3,(H,10,11)/t7-,8+;6-,7+/m01/s1. The number of aliphatic carboxylic acids is 2. The van der Waals surface area contributed by atoms with Crippen LogP contribution < -0.4 is 0 Å². The minimum atomic E-state index is -0.880. The Bertz CT molecular complexity index is 530. The van der Waals surface area contributed by atoms with Crippen LogP contribution in [0.3, 0.4) is 0 Å². The summed E-state index contributed by atoms with van der Waals surface area (Å²) in [5, 5.41) is 17.8. The summed E-state index contributed by atoms with van der Waals surface area (Å²) < 4.78 is 9.43. The topological polar surface area (TPSA) is 127 Å².